The fraction of sp³-hybridized carbons (Fsp3) is 0.190. The van der Waals surface area contributed by atoms with E-state index >= 15 is 0 Å². The Morgan fingerprint density at radius 3 is 2.09 bits per heavy atom. The minimum Gasteiger partial charge on any atom is -0.465 e. The van der Waals surface area contributed by atoms with E-state index in [2.05, 4.69) is 0 Å². The van der Waals surface area contributed by atoms with E-state index in [-0.39, 0.29) is 22.3 Å². The highest BCUT2D eigenvalue weighted by atomic mass is 32.2. The second-order valence-electron chi connectivity index (χ2n) is 6.95. The van der Waals surface area contributed by atoms with Crippen molar-refractivity contribution in [3.05, 3.63) is 80.4 Å². The first kappa shape index (κ1) is 23.6. The Morgan fingerprint density at radius 1 is 0.970 bits per heavy atom. The molecular formula is C21H19N3O8S. The Bertz CT molecular complexity index is 1350. The number of anilines is 1. The molecule has 0 aromatic heterocycles. The zero-order valence-electron chi connectivity index (χ0n) is 17.6. The third-order valence-corrected chi connectivity index (χ3v) is 6.56. The minimum absolute atomic E-state index is 0.0175. The standard InChI is InChI=1S/C21H19N3O8S/c1-3-32-20(25)13-22(33(30,31)15-10-8-14(2)9-11-15)21-17-7-5-4-6-16(17)18(23(26)27)12-19(21)24(28)29/h4-12H,3,13H2,1-2H3. The van der Waals surface area contributed by atoms with Crippen LogP contribution >= 0.6 is 0 Å². The number of hydrogen-bond donors (Lipinski definition) is 0. The molecule has 11 nitrogen and oxygen atoms in total. The van der Waals surface area contributed by atoms with Crippen LogP contribution in [0.1, 0.15) is 12.5 Å². The van der Waals surface area contributed by atoms with Gasteiger partial charge in [0.05, 0.1) is 32.8 Å². The van der Waals surface area contributed by atoms with Crippen LogP contribution in [0.2, 0.25) is 0 Å². The van der Waals surface area contributed by atoms with Crippen LogP contribution in [0.4, 0.5) is 17.1 Å². The van der Waals surface area contributed by atoms with E-state index in [1.807, 2.05) is 0 Å². The van der Waals surface area contributed by atoms with Crippen LogP contribution < -0.4 is 4.31 Å². The van der Waals surface area contributed by atoms with Crippen molar-refractivity contribution in [2.45, 2.75) is 18.7 Å². The molecule has 3 aromatic rings. The molecule has 0 fully saturated rings. The number of rotatable bonds is 8. The lowest BCUT2D eigenvalue weighted by molar-refractivity contribution is -0.392. The highest BCUT2D eigenvalue weighted by Crippen LogP contribution is 2.43. The number of ether oxygens (including phenoxy) is 1. The summed E-state index contributed by atoms with van der Waals surface area (Å²) in [5, 5.41) is 23.4. The molecule has 0 aliphatic heterocycles. The number of fused-ring (bicyclic) bond motifs is 1. The normalized spacial score (nSPS) is 11.2. The SMILES string of the molecule is CCOC(=O)CN(c1c([N+](=O)[O-])cc([N+](=O)[O-])c2ccccc12)S(=O)(=O)c1ccc(C)cc1. The number of non-ortho nitro benzene ring substituents is 1. The molecule has 0 aliphatic rings. The Kier molecular flexibility index (Phi) is 6.58. The van der Waals surface area contributed by atoms with E-state index in [4.69, 9.17) is 4.74 Å². The van der Waals surface area contributed by atoms with Crippen molar-refractivity contribution >= 4 is 43.8 Å². The molecule has 3 aromatic carbocycles. The molecule has 0 saturated heterocycles. The highest BCUT2D eigenvalue weighted by Gasteiger charge is 2.36. The lowest BCUT2D eigenvalue weighted by atomic mass is 10.0. The maximum absolute atomic E-state index is 13.6. The van der Waals surface area contributed by atoms with Gasteiger partial charge in [-0.3, -0.25) is 25.0 Å². The minimum atomic E-state index is -4.51. The lowest BCUT2D eigenvalue weighted by Gasteiger charge is -2.24. The van der Waals surface area contributed by atoms with Gasteiger partial charge in [0.25, 0.3) is 15.7 Å². The van der Waals surface area contributed by atoms with E-state index in [0.717, 1.165) is 5.56 Å². The number of hydrogen-bond acceptors (Lipinski definition) is 8. The zero-order valence-corrected chi connectivity index (χ0v) is 18.4. The molecule has 0 aliphatic carbocycles. The average molecular weight is 473 g/mol. The van der Waals surface area contributed by atoms with E-state index in [9.17, 15) is 33.4 Å². The van der Waals surface area contributed by atoms with Gasteiger partial charge in [-0.2, -0.15) is 0 Å². The molecule has 0 N–H and O–H groups in total. The first-order valence-corrected chi connectivity index (χ1v) is 11.1. The monoisotopic (exact) mass is 473 g/mol. The summed E-state index contributed by atoms with van der Waals surface area (Å²) in [7, 11) is -4.51. The van der Waals surface area contributed by atoms with Gasteiger partial charge >= 0.3 is 11.7 Å². The number of carbonyl (C=O) groups is 1. The van der Waals surface area contributed by atoms with Gasteiger partial charge in [-0.15, -0.1) is 0 Å². The zero-order chi connectivity index (χ0) is 24.3. The fourth-order valence-electron chi connectivity index (χ4n) is 3.32. The molecule has 0 saturated carbocycles. The van der Waals surface area contributed by atoms with Gasteiger partial charge in [0.1, 0.15) is 12.2 Å². The topological polar surface area (TPSA) is 150 Å². The summed E-state index contributed by atoms with van der Waals surface area (Å²) < 4.78 is 32.6. The first-order valence-electron chi connectivity index (χ1n) is 9.67. The Balaban J connectivity index is 2.40. The second kappa shape index (κ2) is 9.20. The number of aryl methyl sites for hydroxylation is 1. The summed E-state index contributed by atoms with van der Waals surface area (Å²) in [6, 6.07) is 12.0. The summed E-state index contributed by atoms with van der Waals surface area (Å²) in [4.78, 5) is 33.9. The third-order valence-electron chi connectivity index (χ3n) is 4.80. The van der Waals surface area contributed by atoms with Crippen molar-refractivity contribution in [1.82, 2.24) is 0 Å². The molecule has 12 heteroatoms. The second-order valence-corrected chi connectivity index (χ2v) is 8.82. The highest BCUT2D eigenvalue weighted by molar-refractivity contribution is 7.93. The quantitative estimate of drug-likeness (QED) is 0.273. The van der Waals surface area contributed by atoms with Crippen molar-refractivity contribution in [2.75, 3.05) is 17.5 Å². The van der Waals surface area contributed by atoms with Gasteiger partial charge in [0.2, 0.25) is 0 Å². The summed E-state index contributed by atoms with van der Waals surface area (Å²) >= 11 is 0. The van der Waals surface area contributed by atoms with Crippen LogP contribution in [-0.2, 0) is 19.6 Å². The number of nitro benzene ring substituents is 2. The maximum Gasteiger partial charge on any atom is 0.326 e. The Labute approximate surface area is 188 Å². The average Bonchev–Trinajstić information content (AvgIpc) is 2.76. The van der Waals surface area contributed by atoms with Crippen molar-refractivity contribution in [1.29, 1.82) is 0 Å². The van der Waals surface area contributed by atoms with E-state index in [1.165, 1.54) is 55.5 Å². The first-order chi connectivity index (χ1) is 15.6. The molecule has 0 heterocycles. The largest absolute Gasteiger partial charge is 0.465 e. The predicted molar refractivity (Wildman–Crippen MR) is 120 cm³/mol. The Morgan fingerprint density at radius 2 is 1.55 bits per heavy atom. The predicted octanol–water partition coefficient (Wildman–Crippen LogP) is 3.72. The van der Waals surface area contributed by atoms with Crippen LogP contribution in [0.25, 0.3) is 10.8 Å². The molecule has 0 spiro atoms. The van der Waals surface area contributed by atoms with Crippen LogP contribution in [0.15, 0.2) is 59.5 Å². The van der Waals surface area contributed by atoms with E-state index < -0.39 is 49.4 Å². The molecule has 3 rings (SSSR count). The van der Waals surface area contributed by atoms with Crippen molar-refractivity contribution in [3.63, 3.8) is 0 Å². The molecular weight excluding hydrogens is 454 g/mol. The summed E-state index contributed by atoms with van der Waals surface area (Å²) in [5.41, 5.74) is -1.09. The number of benzene rings is 3. The molecule has 0 amide bonds. The number of nitro groups is 2. The van der Waals surface area contributed by atoms with Gasteiger partial charge < -0.3 is 4.74 Å². The van der Waals surface area contributed by atoms with Crippen molar-refractivity contribution < 1.29 is 27.8 Å². The molecule has 33 heavy (non-hydrogen) atoms. The van der Waals surface area contributed by atoms with Gasteiger partial charge in [0.15, 0.2) is 0 Å². The Hall–Kier alpha value is -4.06. The number of carbonyl (C=O) groups excluding carboxylic acids is 1. The molecule has 0 radical (unpaired) electrons. The van der Waals surface area contributed by atoms with Crippen molar-refractivity contribution in [2.24, 2.45) is 0 Å². The van der Waals surface area contributed by atoms with Crippen molar-refractivity contribution in [3.8, 4) is 0 Å². The smallest absolute Gasteiger partial charge is 0.326 e. The van der Waals surface area contributed by atoms with E-state index in [1.54, 1.807) is 6.92 Å². The van der Waals surface area contributed by atoms with Crippen LogP contribution in [0.3, 0.4) is 0 Å². The third kappa shape index (κ3) is 4.60. The summed E-state index contributed by atoms with van der Waals surface area (Å²) in [5.74, 6) is -0.940. The molecule has 0 unspecified atom stereocenters. The van der Waals surface area contributed by atoms with Crippen LogP contribution in [0, 0.1) is 27.2 Å². The maximum atomic E-state index is 13.6. The van der Waals surface area contributed by atoms with Crippen LogP contribution in [-0.4, -0.2) is 37.4 Å². The van der Waals surface area contributed by atoms with Gasteiger partial charge in [-0.1, -0.05) is 35.9 Å². The van der Waals surface area contributed by atoms with Gasteiger partial charge in [0, 0.05) is 5.39 Å². The van der Waals surface area contributed by atoms with E-state index in [0.29, 0.717) is 10.4 Å². The number of esters is 1. The number of sulfonamides is 1. The summed E-state index contributed by atoms with van der Waals surface area (Å²) in [6.07, 6.45) is 0. The lowest BCUT2D eigenvalue weighted by Crippen LogP contribution is -2.37. The fourth-order valence-corrected chi connectivity index (χ4v) is 4.77. The molecule has 0 bridgehead atoms. The van der Waals surface area contributed by atoms with Gasteiger partial charge in [-0.25, -0.2) is 12.7 Å². The molecule has 172 valence electrons. The van der Waals surface area contributed by atoms with Crippen LogP contribution in [0.5, 0.6) is 0 Å². The molecule has 0 atom stereocenters. The summed E-state index contributed by atoms with van der Waals surface area (Å²) in [6.45, 7) is 2.37. The number of nitrogens with zero attached hydrogens (tertiary/aromatic N) is 3. The van der Waals surface area contributed by atoms with Gasteiger partial charge in [-0.05, 0) is 32.0 Å².